The van der Waals surface area contributed by atoms with Gasteiger partial charge >= 0.3 is 5.97 Å². The van der Waals surface area contributed by atoms with Crippen LogP contribution in [0.1, 0.15) is 44.4 Å². The number of carbonyl (C=O) groups excluding carboxylic acids is 1. The number of thiazole rings is 1. The van der Waals surface area contributed by atoms with Gasteiger partial charge in [-0.25, -0.2) is 4.98 Å². The summed E-state index contributed by atoms with van der Waals surface area (Å²) in [7, 11) is 1.62. The van der Waals surface area contributed by atoms with Gasteiger partial charge in [0.05, 0.1) is 38.7 Å². The summed E-state index contributed by atoms with van der Waals surface area (Å²) in [4.78, 5) is 15.8. The highest BCUT2D eigenvalue weighted by atomic mass is 32.1. The first-order valence-electron chi connectivity index (χ1n) is 9.36. The van der Waals surface area contributed by atoms with Crippen LogP contribution in [0.5, 0.6) is 11.5 Å². The summed E-state index contributed by atoms with van der Waals surface area (Å²) in [5.41, 5.74) is 4.42. The highest BCUT2D eigenvalue weighted by Crippen LogP contribution is 2.28. The lowest BCUT2D eigenvalue weighted by atomic mass is 10.2. The van der Waals surface area contributed by atoms with Gasteiger partial charge in [0, 0.05) is 5.38 Å². The molecule has 0 fully saturated rings. The van der Waals surface area contributed by atoms with Crippen molar-refractivity contribution < 1.29 is 19.0 Å². The van der Waals surface area contributed by atoms with E-state index in [0.29, 0.717) is 35.5 Å². The average molecular weight is 406 g/mol. The number of esters is 1. The van der Waals surface area contributed by atoms with Crippen LogP contribution in [0, 0.1) is 0 Å². The molecule has 0 saturated carbocycles. The Morgan fingerprint density at radius 3 is 2.89 bits per heavy atom. The van der Waals surface area contributed by atoms with Crippen LogP contribution >= 0.6 is 11.3 Å². The smallest absolute Gasteiger partial charge is 0.311 e. The minimum absolute atomic E-state index is 0.160. The molecule has 0 aliphatic heterocycles. The monoisotopic (exact) mass is 405 g/mol. The van der Waals surface area contributed by atoms with E-state index in [-0.39, 0.29) is 12.4 Å². The van der Waals surface area contributed by atoms with Crippen molar-refractivity contribution in [3.8, 4) is 11.5 Å². The summed E-state index contributed by atoms with van der Waals surface area (Å²) in [6.45, 7) is 4.96. The third-order valence-corrected chi connectivity index (χ3v) is 4.55. The predicted octanol–water partition coefficient (Wildman–Crippen LogP) is 4.27. The van der Waals surface area contributed by atoms with Gasteiger partial charge in [0.2, 0.25) is 5.13 Å². The van der Waals surface area contributed by atoms with Crippen molar-refractivity contribution in [1.29, 1.82) is 0 Å². The van der Waals surface area contributed by atoms with E-state index in [1.807, 2.05) is 23.6 Å². The SMILES string of the molecule is CCCCCOc1cc(C=NNc2nc(CC(=O)OCC)cs2)ccc1OC. The van der Waals surface area contributed by atoms with Gasteiger partial charge in [-0.2, -0.15) is 5.10 Å². The lowest BCUT2D eigenvalue weighted by Crippen LogP contribution is -2.07. The van der Waals surface area contributed by atoms with Crippen molar-refractivity contribution in [1.82, 2.24) is 4.98 Å². The molecule has 0 saturated heterocycles. The van der Waals surface area contributed by atoms with E-state index in [0.717, 1.165) is 24.8 Å². The number of aromatic nitrogens is 1. The van der Waals surface area contributed by atoms with Crippen molar-refractivity contribution >= 4 is 28.7 Å². The molecular formula is C20H27N3O4S. The van der Waals surface area contributed by atoms with Crippen LogP contribution in [0.25, 0.3) is 0 Å². The molecule has 7 nitrogen and oxygen atoms in total. The van der Waals surface area contributed by atoms with E-state index >= 15 is 0 Å². The highest BCUT2D eigenvalue weighted by Gasteiger charge is 2.08. The zero-order valence-corrected chi connectivity index (χ0v) is 17.4. The first-order chi connectivity index (χ1) is 13.7. The zero-order chi connectivity index (χ0) is 20.2. The van der Waals surface area contributed by atoms with Crippen LogP contribution in [0.15, 0.2) is 28.7 Å². The van der Waals surface area contributed by atoms with E-state index in [4.69, 9.17) is 14.2 Å². The molecule has 0 atom stereocenters. The van der Waals surface area contributed by atoms with Gasteiger partial charge in [0.25, 0.3) is 0 Å². The molecule has 0 radical (unpaired) electrons. The van der Waals surface area contributed by atoms with Gasteiger partial charge in [-0.05, 0) is 37.1 Å². The first-order valence-corrected chi connectivity index (χ1v) is 10.2. The number of unbranched alkanes of at least 4 members (excludes halogenated alkanes) is 2. The lowest BCUT2D eigenvalue weighted by Gasteiger charge is -2.11. The van der Waals surface area contributed by atoms with Crippen molar-refractivity contribution in [2.45, 2.75) is 39.5 Å². The minimum Gasteiger partial charge on any atom is -0.493 e. The largest absolute Gasteiger partial charge is 0.493 e. The van der Waals surface area contributed by atoms with Gasteiger partial charge in [0.15, 0.2) is 11.5 Å². The Bertz CT molecular complexity index is 777. The van der Waals surface area contributed by atoms with Crippen LogP contribution in [-0.4, -0.2) is 37.5 Å². The van der Waals surface area contributed by atoms with Gasteiger partial charge in [-0.1, -0.05) is 19.8 Å². The number of benzene rings is 1. The molecule has 1 aromatic carbocycles. The van der Waals surface area contributed by atoms with Crippen LogP contribution in [-0.2, 0) is 16.0 Å². The molecule has 1 aromatic heterocycles. The van der Waals surface area contributed by atoms with Gasteiger partial charge in [-0.15, -0.1) is 11.3 Å². The van der Waals surface area contributed by atoms with Crippen LogP contribution in [0.4, 0.5) is 5.13 Å². The molecule has 0 bridgehead atoms. The van der Waals surface area contributed by atoms with Crippen molar-refractivity contribution in [3.05, 3.63) is 34.8 Å². The van der Waals surface area contributed by atoms with Crippen LogP contribution < -0.4 is 14.9 Å². The van der Waals surface area contributed by atoms with Gasteiger partial charge in [0.1, 0.15) is 0 Å². The van der Waals surface area contributed by atoms with E-state index in [1.54, 1.807) is 20.2 Å². The molecule has 0 unspecified atom stereocenters. The zero-order valence-electron chi connectivity index (χ0n) is 16.6. The fraction of sp³-hybridized carbons (Fsp3) is 0.450. The third-order valence-electron chi connectivity index (χ3n) is 3.75. The molecule has 0 spiro atoms. The maximum atomic E-state index is 11.5. The number of hydrazone groups is 1. The molecular weight excluding hydrogens is 378 g/mol. The summed E-state index contributed by atoms with van der Waals surface area (Å²) in [6, 6.07) is 5.65. The quantitative estimate of drug-likeness (QED) is 0.246. The molecule has 2 aromatic rings. The van der Waals surface area contributed by atoms with Gasteiger partial charge < -0.3 is 14.2 Å². The van der Waals surface area contributed by atoms with Crippen LogP contribution in [0.2, 0.25) is 0 Å². The number of ether oxygens (including phenoxy) is 3. The van der Waals surface area contributed by atoms with E-state index in [9.17, 15) is 4.79 Å². The molecule has 0 aliphatic rings. The molecule has 2 rings (SSSR count). The number of nitrogens with one attached hydrogen (secondary N) is 1. The molecule has 152 valence electrons. The molecule has 0 aliphatic carbocycles. The Kier molecular flexibility index (Phi) is 9.27. The molecule has 8 heteroatoms. The molecule has 28 heavy (non-hydrogen) atoms. The predicted molar refractivity (Wildman–Crippen MR) is 112 cm³/mol. The number of nitrogens with zero attached hydrogens (tertiary/aromatic N) is 2. The average Bonchev–Trinajstić information content (AvgIpc) is 3.12. The Morgan fingerprint density at radius 1 is 1.29 bits per heavy atom. The summed E-state index contributed by atoms with van der Waals surface area (Å²) >= 11 is 1.38. The van der Waals surface area contributed by atoms with Crippen LogP contribution in [0.3, 0.4) is 0 Å². The number of hydrogen-bond donors (Lipinski definition) is 1. The summed E-state index contributed by atoms with van der Waals surface area (Å²) < 4.78 is 16.1. The Labute approximate surface area is 169 Å². The molecule has 1 N–H and O–H groups in total. The number of rotatable bonds is 12. The maximum absolute atomic E-state index is 11.5. The number of hydrogen-bond acceptors (Lipinski definition) is 8. The Morgan fingerprint density at radius 2 is 2.14 bits per heavy atom. The second kappa shape index (κ2) is 12.0. The lowest BCUT2D eigenvalue weighted by molar-refractivity contribution is -0.142. The van der Waals surface area contributed by atoms with Gasteiger partial charge in [-0.3, -0.25) is 10.2 Å². The fourth-order valence-electron chi connectivity index (χ4n) is 2.38. The van der Waals surface area contributed by atoms with Crippen molar-refractivity contribution in [2.24, 2.45) is 5.10 Å². The third kappa shape index (κ3) is 7.19. The topological polar surface area (TPSA) is 82.0 Å². The number of methoxy groups -OCH3 is 1. The normalized spacial score (nSPS) is 10.8. The first kappa shape index (κ1) is 21.7. The van der Waals surface area contributed by atoms with Crippen molar-refractivity contribution in [3.63, 3.8) is 0 Å². The Balaban J connectivity index is 1.92. The number of carbonyl (C=O) groups is 1. The van der Waals surface area contributed by atoms with E-state index in [2.05, 4.69) is 22.4 Å². The summed E-state index contributed by atoms with van der Waals surface area (Å²) in [5.74, 6) is 1.12. The molecule has 0 amide bonds. The standard InChI is InChI=1S/C20H27N3O4S/c1-4-6-7-10-27-18-11-15(8-9-17(18)25-3)13-21-23-20-22-16(14-28-20)12-19(24)26-5-2/h8-9,11,13-14H,4-7,10,12H2,1-3H3,(H,22,23). The highest BCUT2D eigenvalue weighted by molar-refractivity contribution is 7.13. The summed E-state index contributed by atoms with van der Waals surface area (Å²) in [5, 5.41) is 6.63. The van der Waals surface area contributed by atoms with Crippen molar-refractivity contribution in [2.75, 3.05) is 25.7 Å². The fourth-order valence-corrected chi connectivity index (χ4v) is 3.04. The second-order valence-corrected chi connectivity index (χ2v) is 6.82. The van der Waals surface area contributed by atoms with E-state index < -0.39 is 0 Å². The summed E-state index contributed by atoms with van der Waals surface area (Å²) in [6.07, 6.45) is 5.14. The van der Waals surface area contributed by atoms with E-state index in [1.165, 1.54) is 11.3 Å². The second-order valence-electron chi connectivity index (χ2n) is 5.96. The minimum atomic E-state index is -0.285. The molecule has 1 heterocycles. The number of anilines is 1. The maximum Gasteiger partial charge on any atom is 0.311 e. The Hall–Kier alpha value is -2.61.